The molecule has 6 nitrogen and oxygen atoms in total. The summed E-state index contributed by atoms with van der Waals surface area (Å²) in [6.45, 7) is 5.36. The molecule has 0 aliphatic heterocycles. The first-order chi connectivity index (χ1) is 12.1. The maximum Gasteiger partial charge on any atom is 0.251 e. The van der Waals surface area contributed by atoms with Gasteiger partial charge in [0.05, 0.1) is 6.61 Å². The standard InChI is InChI=1S/C19H22N4O2/c1-14(2)13-25-16-8-6-15(7-9-16)19(24)20-11-10-18-22-21-17-5-3-4-12-23(17)18/h3-9,12,14H,10-11,13H2,1-2H3,(H,20,24). The minimum Gasteiger partial charge on any atom is -0.493 e. The fourth-order valence-electron chi connectivity index (χ4n) is 2.42. The smallest absolute Gasteiger partial charge is 0.251 e. The van der Waals surface area contributed by atoms with Gasteiger partial charge >= 0.3 is 0 Å². The molecule has 1 amide bonds. The van der Waals surface area contributed by atoms with Crippen molar-refractivity contribution in [3.63, 3.8) is 0 Å². The monoisotopic (exact) mass is 338 g/mol. The van der Waals surface area contributed by atoms with Gasteiger partial charge in [0.2, 0.25) is 0 Å². The number of pyridine rings is 1. The van der Waals surface area contributed by atoms with Gasteiger partial charge in [0, 0.05) is 24.7 Å². The minimum atomic E-state index is -0.107. The van der Waals surface area contributed by atoms with Crippen molar-refractivity contribution in [2.45, 2.75) is 20.3 Å². The van der Waals surface area contributed by atoms with Crippen LogP contribution in [0.4, 0.5) is 0 Å². The number of hydrogen-bond acceptors (Lipinski definition) is 4. The average Bonchev–Trinajstić information content (AvgIpc) is 3.03. The summed E-state index contributed by atoms with van der Waals surface area (Å²) >= 11 is 0. The molecule has 2 heterocycles. The quantitative estimate of drug-likeness (QED) is 0.719. The van der Waals surface area contributed by atoms with E-state index in [1.165, 1.54) is 0 Å². The van der Waals surface area contributed by atoms with E-state index in [1.807, 2.05) is 40.9 Å². The van der Waals surface area contributed by atoms with Crippen LogP contribution in [0, 0.1) is 5.92 Å². The lowest BCUT2D eigenvalue weighted by Crippen LogP contribution is -2.26. The van der Waals surface area contributed by atoms with Crippen LogP contribution in [0.1, 0.15) is 30.0 Å². The van der Waals surface area contributed by atoms with Crippen LogP contribution in [-0.4, -0.2) is 33.7 Å². The minimum absolute atomic E-state index is 0.107. The van der Waals surface area contributed by atoms with Gasteiger partial charge in [0.25, 0.3) is 5.91 Å². The molecule has 2 aromatic heterocycles. The highest BCUT2D eigenvalue weighted by atomic mass is 16.5. The molecule has 3 rings (SSSR count). The van der Waals surface area contributed by atoms with Gasteiger partial charge in [0.15, 0.2) is 5.65 Å². The Bertz CT molecular complexity index is 840. The number of rotatable bonds is 7. The Morgan fingerprint density at radius 3 is 2.72 bits per heavy atom. The van der Waals surface area contributed by atoms with Crippen LogP contribution in [-0.2, 0) is 6.42 Å². The summed E-state index contributed by atoms with van der Waals surface area (Å²) in [5, 5.41) is 11.2. The van der Waals surface area contributed by atoms with E-state index in [9.17, 15) is 4.79 Å². The Balaban J connectivity index is 1.52. The Hall–Kier alpha value is -2.89. The second-order valence-electron chi connectivity index (χ2n) is 6.28. The first kappa shape index (κ1) is 17.0. The molecule has 0 aliphatic rings. The van der Waals surface area contributed by atoms with E-state index in [0.29, 0.717) is 31.1 Å². The maximum atomic E-state index is 12.2. The Labute approximate surface area is 146 Å². The summed E-state index contributed by atoms with van der Waals surface area (Å²) < 4.78 is 7.55. The SMILES string of the molecule is CC(C)COc1ccc(C(=O)NCCc2nnc3ccccn23)cc1. The van der Waals surface area contributed by atoms with Gasteiger partial charge in [-0.25, -0.2) is 0 Å². The fraction of sp³-hybridized carbons (Fsp3) is 0.316. The molecule has 130 valence electrons. The summed E-state index contributed by atoms with van der Waals surface area (Å²) in [4.78, 5) is 12.2. The molecule has 0 saturated heterocycles. The van der Waals surface area contributed by atoms with Gasteiger partial charge in [0.1, 0.15) is 11.6 Å². The van der Waals surface area contributed by atoms with Gasteiger partial charge in [-0.2, -0.15) is 0 Å². The zero-order chi connectivity index (χ0) is 17.6. The van der Waals surface area contributed by atoms with Crippen LogP contribution >= 0.6 is 0 Å². The van der Waals surface area contributed by atoms with Crippen LogP contribution in [0.3, 0.4) is 0 Å². The van der Waals surface area contributed by atoms with Gasteiger partial charge in [-0.15, -0.1) is 10.2 Å². The maximum absolute atomic E-state index is 12.2. The first-order valence-electron chi connectivity index (χ1n) is 8.43. The van der Waals surface area contributed by atoms with Crippen LogP contribution in [0.15, 0.2) is 48.7 Å². The lowest BCUT2D eigenvalue weighted by atomic mass is 10.2. The predicted octanol–water partition coefficient (Wildman–Crippen LogP) is 2.74. The van der Waals surface area contributed by atoms with E-state index in [2.05, 4.69) is 29.4 Å². The van der Waals surface area contributed by atoms with E-state index in [0.717, 1.165) is 17.2 Å². The highest BCUT2D eigenvalue weighted by Crippen LogP contribution is 2.13. The number of ether oxygens (including phenoxy) is 1. The van der Waals surface area contributed by atoms with Gasteiger partial charge in [-0.3, -0.25) is 9.20 Å². The van der Waals surface area contributed by atoms with Crippen molar-refractivity contribution >= 4 is 11.6 Å². The molecule has 0 unspecified atom stereocenters. The first-order valence-corrected chi connectivity index (χ1v) is 8.43. The molecule has 0 radical (unpaired) electrons. The third-order valence-electron chi connectivity index (χ3n) is 3.72. The molecule has 1 aromatic carbocycles. The van der Waals surface area contributed by atoms with Gasteiger partial charge in [-0.1, -0.05) is 19.9 Å². The molecule has 0 fully saturated rings. The summed E-state index contributed by atoms with van der Waals surface area (Å²) in [7, 11) is 0. The van der Waals surface area contributed by atoms with E-state index in [4.69, 9.17) is 4.74 Å². The lowest BCUT2D eigenvalue weighted by Gasteiger charge is -2.09. The molecule has 0 aliphatic carbocycles. The molecule has 3 aromatic rings. The van der Waals surface area contributed by atoms with Crippen molar-refractivity contribution in [1.82, 2.24) is 19.9 Å². The second kappa shape index (κ2) is 7.79. The number of benzene rings is 1. The zero-order valence-electron chi connectivity index (χ0n) is 14.5. The lowest BCUT2D eigenvalue weighted by molar-refractivity contribution is 0.0954. The number of fused-ring (bicyclic) bond motifs is 1. The predicted molar refractivity (Wildman–Crippen MR) is 95.8 cm³/mol. The molecule has 25 heavy (non-hydrogen) atoms. The number of carbonyl (C=O) groups is 1. The third-order valence-corrected chi connectivity index (χ3v) is 3.72. The molecular weight excluding hydrogens is 316 g/mol. The van der Waals surface area contributed by atoms with Crippen LogP contribution < -0.4 is 10.1 Å². The summed E-state index contributed by atoms with van der Waals surface area (Å²) in [5.74, 6) is 1.97. The number of nitrogens with one attached hydrogen (secondary N) is 1. The summed E-state index contributed by atoms with van der Waals surface area (Å²) in [5.41, 5.74) is 1.42. The topological polar surface area (TPSA) is 68.5 Å². The number of amides is 1. The van der Waals surface area contributed by atoms with Crippen molar-refractivity contribution in [1.29, 1.82) is 0 Å². The number of hydrogen-bond donors (Lipinski definition) is 1. The fourth-order valence-corrected chi connectivity index (χ4v) is 2.42. The Kier molecular flexibility index (Phi) is 5.28. The molecule has 0 saturated carbocycles. The van der Waals surface area contributed by atoms with Crippen molar-refractivity contribution in [3.05, 3.63) is 60.0 Å². The number of aromatic nitrogens is 3. The van der Waals surface area contributed by atoms with Gasteiger partial charge < -0.3 is 10.1 Å². The highest BCUT2D eigenvalue weighted by Gasteiger charge is 2.08. The summed E-state index contributed by atoms with van der Waals surface area (Å²) in [6, 6.07) is 12.9. The van der Waals surface area contributed by atoms with Gasteiger partial charge in [-0.05, 0) is 42.3 Å². The second-order valence-corrected chi connectivity index (χ2v) is 6.28. The van der Waals surface area contributed by atoms with E-state index < -0.39 is 0 Å². The summed E-state index contributed by atoms with van der Waals surface area (Å²) in [6.07, 6.45) is 2.54. The Morgan fingerprint density at radius 1 is 1.16 bits per heavy atom. The third kappa shape index (κ3) is 4.35. The van der Waals surface area contributed by atoms with Crippen molar-refractivity contribution in [3.8, 4) is 5.75 Å². The van der Waals surface area contributed by atoms with E-state index in [-0.39, 0.29) is 5.91 Å². The molecule has 0 spiro atoms. The molecular formula is C19H22N4O2. The van der Waals surface area contributed by atoms with Crippen molar-refractivity contribution in [2.75, 3.05) is 13.2 Å². The molecule has 0 bridgehead atoms. The number of carbonyl (C=O) groups excluding carboxylic acids is 1. The van der Waals surface area contributed by atoms with E-state index in [1.54, 1.807) is 12.1 Å². The van der Waals surface area contributed by atoms with Crippen LogP contribution in [0.25, 0.3) is 5.65 Å². The molecule has 1 N–H and O–H groups in total. The average molecular weight is 338 g/mol. The normalized spacial score (nSPS) is 11.0. The molecule has 0 atom stereocenters. The molecule has 6 heteroatoms. The Morgan fingerprint density at radius 2 is 1.96 bits per heavy atom. The van der Waals surface area contributed by atoms with Crippen molar-refractivity contribution < 1.29 is 9.53 Å². The number of nitrogens with zero attached hydrogens (tertiary/aromatic N) is 3. The highest BCUT2D eigenvalue weighted by molar-refractivity contribution is 5.94. The largest absolute Gasteiger partial charge is 0.493 e. The van der Waals surface area contributed by atoms with Crippen molar-refractivity contribution in [2.24, 2.45) is 5.92 Å². The van der Waals surface area contributed by atoms with Crippen LogP contribution in [0.5, 0.6) is 5.75 Å². The zero-order valence-corrected chi connectivity index (χ0v) is 14.5. The van der Waals surface area contributed by atoms with Crippen LogP contribution in [0.2, 0.25) is 0 Å². The van der Waals surface area contributed by atoms with E-state index >= 15 is 0 Å².